The zero-order valence-corrected chi connectivity index (χ0v) is 18.4. The van der Waals surface area contributed by atoms with Gasteiger partial charge in [-0.05, 0) is 55.4 Å². The highest BCUT2D eigenvalue weighted by Gasteiger charge is 2.37. The van der Waals surface area contributed by atoms with Gasteiger partial charge in [0.1, 0.15) is 11.9 Å². The summed E-state index contributed by atoms with van der Waals surface area (Å²) in [5.74, 6) is 0.763. The lowest BCUT2D eigenvalue weighted by atomic mass is 9.79. The Labute approximate surface area is 182 Å². The van der Waals surface area contributed by atoms with Gasteiger partial charge in [-0.25, -0.2) is 9.37 Å². The van der Waals surface area contributed by atoms with Crippen molar-refractivity contribution in [3.63, 3.8) is 0 Å². The Hall–Kier alpha value is -2.96. The van der Waals surface area contributed by atoms with Gasteiger partial charge in [-0.1, -0.05) is 20.3 Å². The van der Waals surface area contributed by atoms with Gasteiger partial charge in [-0.15, -0.1) is 10.2 Å². The molecule has 0 bridgehead atoms. The molecule has 31 heavy (non-hydrogen) atoms. The summed E-state index contributed by atoms with van der Waals surface area (Å²) in [6.07, 6.45) is 8.73. The summed E-state index contributed by atoms with van der Waals surface area (Å²) in [4.78, 5) is 5.96. The van der Waals surface area contributed by atoms with Crippen LogP contribution in [0.2, 0.25) is 0 Å². The van der Waals surface area contributed by atoms with Crippen LogP contribution in [0.5, 0.6) is 5.75 Å². The normalized spacial score (nSPS) is 24.0. The molecule has 164 valence electrons. The molecule has 1 N–H and O–H groups in total. The Morgan fingerprint density at radius 2 is 2.10 bits per heavy atom. The van der Waals surface area contributed by atoms with Crippen molar-refractivity contribution in [2.45, 2.75) is 58.2 Å². The van der Waals surface area contributed by atoms with Gasteiger partial charge in [-0.2, -0.15) is 0 Å². The van der Waals surface area contributed by atoms with Crippen molar-refractivity contribution in [1.29, 1.82) is 0 Å². The van der Waals surface area contributed by atoms with E-state index in [2.05, 4.69) is 29.0 Å². The number of aromatic hydroxyl groups is 1. The first-order valence-corrected chi connectivity index (χ1v) is 10.9. The zero-order chi connectivity index (χ0) is 22.0. The highest BCUT2D eigenvalue weighted by atomic mass is 19.1. The van der Waals surface area contributed by atoms with E-state index in [1.807, 2.05) is 47.0 Å². The molecular formula is C24H30FN5O. The first-order chi connectivity index (χ1) is 14.9. The topological polar surface area (TPSA) is 67.1 Å². The van der Waals surface area contributed by atoms with Gasteiger partial charge in [0.05, 0.1) is 23.8 Å². The minimum Gasteiger partial charge on any atom is -0.507 e. The molecule has 0 amide bonds. The molecule has 0 unspecified atom stereocenters. The molecule has 1 aromatic carbocycles. The van der Waals surface area contributed by atoms with Gasteiger partial charge in [0, 0.05) is 31.1 Å². The van der Waals surface area contributed by atoms with Crippen LogP contribution in [0.1, 0.15) is 46.0 Å². The van der Waals surface area contributed by atoms with E-state index in [9.17, 15) is 9.50 Å². The number of halogens is 1. The van der Waals surface area contributed by atoms with Crippen molar-refractivity contribution in [3.8, 4) is 22.7 Å². The number of rotatable bonds is 5. The van der Waals surface area contributed by atoms with E-state index < -0.39 is 6.17 Å². The van der Waals surface area contributed by atoms with Crippen LogP contribution in [0.25, 0.3) is 16.9 Å². The number of hydrogen-bond acceptors (Lipinski definition) is 5. The lowest BCUT2D eigenvalue weighted by molar-refractivity contribution is 0.214. The van der Waals surface area contributed by atoms with Crippen LogP contribution in [-0.2, 0) is 0 Å². The maximum absolute atomic E-state index is 14.9. The molecule has 7 heteroatoms. The molecule has 1 aliphatic carbocycles. The summed E-state index contributed by atoms with van der Waals surface area (Å²) < 4.78 is 16.8. The molecule has 3 atom stereocenters. The Balaban J connectivity index is 1.55. The van der Waals surface area contributed by atoms with Gasteiger partial charge in [-0.3, -0.25) is 0 Å². The molecule has 6 nitrogen and oxygen atoms in total. The lowest BCUT2D eigenvalue weighted by Gasteiger charge is -2.36. The summed E-state index contributed by atoms with van der Waals surface area (Å²) in [6, 6.07) is 8.84. The first kappa shape index (κ1) is 21.3. The number of nitrogens with zero attached hydrogens (tertiary/aromatic N) is 5. The van der Waals surface area contributed by atoms with Crippen molar-refractivity contribution in [2.75, 3.05) is 11.9 Å². The molecule has 1 fully saturated rings. The van der Waals surface area contributed by atoms with Crippen LogP contribution in [0, 0.1) is 5.41 Å². The second-order valence-corrected chi connectivity index (χ2v) is 8.90. The molecule has 0 saturated heterocycles. The van der Waals surface area contributed by atoms with Gasteiger partial charge in [0.25, 0.3) is 0 Å². The first-order valence-electron chi connectivity index (χ1n) is 10.9. The van der Waals surface area contributed by atoms with E-state index in [0.29, 0.717) is 23.5 Å². The quantitative estimate of drug-likeness (QED) is 0.574. The van der Waals surface area contributed by atoms with Gasteiger partial charge in [0.2, 0.25) is 0 Å². The van der Waals surface area contributed by atoms with Crippen molar-refractivity contribution in [2.24, 2.45) is 5.41 Å². The second-order valence-electron chi connectivity index (χ2n) is 8.90. The van der Waals surface area contributed by atoms with E-state index in [-0.39, 0.29) is 17.2 Å². The van der Waals surface area contributed by atoms with E-state index in [1.165, 1.54) is 0 Å². The summed E-state index contributed by atoms with van der Waals surface area (Å²) >= 11 is 0. The Morgan fingerprint density at radius 1 is 1.26 bits per heavy atom. The summed E-state index contributed by atoms with van der Waals surface area (Å²) in [7, 11) is 1.90. The molecule has 2 heterocycles. The van der Waals surface area contributed by atoms with Gasteiger partial charge < -0.3 is 14.6 Å². The van der Waals surface area contributed by atoms with Gasteiger partial charge in [0.15, 0.2) is 5.82 Å². The maximum Gasteiger partial charge on any atom is 0.151 e. The fourth-order valence-corrected chi connectivity index (χ4v) is 4.49. The predicted molar refractivity (Wildman–Crippen MR) is 120 cm³/mol. The highest BCUT2D eigenvalue weighted by molar-refractivity contribution is 5.69. The number of phenols is 1. The molecule has 0 aliphatic heterocycles. The van der Waals surface area contributed by atoms with Crippen LogP contribution in [0.3, 0.4) is 0 Å². The van der Waals surface area contributed by atoms with Crippen molar-refractivity contribution < 1.29 is 9.50 Å². The maximum atomic E-state index is 14.9. The van der Waals surface area contributed by atoms with E-state index in [4.69, 9.17) is 0 Å². The van der Waals surface area contributed by atoms with Crippen LogP contribution in [0.15, 0.2) is 49.1 Å². The number of imidazole rings is 1. The number of aromatic nitrogens is 4. The summed E-state index contributed by atoms with van der Waals surface area (Å²) in [6.45, 7) is 4.45. The van der Waals surface area contributed by atoms with Crippen LogP contribution < -0.4 is 4.90 Å². The number of phenolic OH excluding ortho intramolecular Hbond substituents is 1. The molecule has 0 radical (unpaired) electrons. The third-order valence-corrected chi connectivity index (χ3v) is 6.80. The second kappa shape index (κ2) is 8.65. The monoisotopic (exact) mass is 423 g/mol. The van der Waals surface area contributed by atoms with Crippen molar-refractivity contribution >= 4 is 5.82 Å². The molecule has 0 spiro atoms. The largest absolute Gasteiger partial charge is 0.507 e. The van der Waals surface area contributed by atoms with Crippen LogP contribution in [-0.4, -0.2) is 44.1 Å². The third kappa shape index (κ3) is 4.40. The smallest absolute Gasteiger partial charge is 0.151 e. The minimum atomic E-state index is -0.875. The number of alkyl halides is 1. The average molecular weight is 424 g/mol. The molecular weight excluding hydrogens is 393 g/mol. The van der Waals surface area contributed by atoms with Crippen molar-refractivity contribution in [3.05, 3.63) is 49.1 Å². The molecule has 2 aromatic heterocycles. The molecule has 1 aliphatic rings. The Bertz CT molecular complexity index is 1010. The van der Waals surface area contributed by atoms with E-state index >= 15 is 0 Å². The average Bonchev–Trinajstić information content (AvgIpc) is 3.27. The predicted octanol–water partition coefficient (Wildman–Crippen LogP) is 5.17. The Kier molecular flexibility index (Phi) is 5.94. The number of benzene rings is 1. The highest BCUT2D eigenvalue weighted by Crippen LogP contribution is 2.40. The number of hydrogen-bond donors (Lipinski definition) is 1. The lowest BCUT2D eigenvalue weighted by Crippen LogP contribution is -2.42. The zero-order valence-electron chi connectivity index (χ0n) is 18.4. The van der Waals surface area contributed by atoms with E-state index in [1.54, 1.807) is 18.6 Å². The molecule has 3 aromatic rings. The van der Waals surface area contributed by atoms with Crippen molar-refractivity contribution in [1.82, 2.24) is 19.7 Å². The number of anilines is 1. The standard InChI is InChI=1S/C24H30FN5O/c1-4-24(2)11-5-6-19(25)21(15-24)29(3)23-10-9-20(27-28-23)18-8-7-17(14-22(18)31)30-13-12-26-16-30/h7-10,12-14,16,19,21,31H,4-6,11,15H2,1-3H3/t19-,21-,24-/m1/s1. The summed E-state index contributed by atoms with van der Waals surface area (Å²) in [5, 5.41) is 19.2. The van der Waals surface area contributed by atoms with Gasteiger partial charge >= 0.3 is 0 Å². The summed E-state index contributed by atoms with van der Waals surface area (Å²) in [5.41, 5.74) is 2.13. The van der Waals surface area contributed by atoms with E-state index in [0.717, 1.165) is 31.4 Å². The fourth-order valence-electron chi connectivity index (χ4n) is 4.49. The minimum absolute atomic E-state index is 0.118. The van der Waals surface area contributed by atoms with Crippen LogP contribution >= 0.6 is 0 Å². The Morgan fingerprint density at radius 3 is 2.74 bits per heavy atom. The molecule has 1 saturated carbocycles. The fraction of sp³-hybridized carbons (Fsp3) is 0.458. The molecule has 4 rings (SSSR count). The SMILES string of the molecule is CC[C@]1(C)CCC[C@@H](F)[C@H](N(C)c2ccc(-c3ccc(-n4ccnc4)cc3O)nn2)C1. The third-order valence-electron chi connectivity index (χ3n) is 6.80. The van der Waals surface area contributed by atoms with Crippen LogP contribution in [0.4, 0.5) is 10.2 Å².